The fraction of sp³-hybridized carbons (Fsp3) is 0. The van der Waals surface area contributed by atoms with Crippen molar-refractivity contribution in [3.8, 4) is 0 Å². The van der Waals surface area contributed by atoms with Crippen LogP contribution >= 0.6 is 0 Å². The number of hydrazine groups is 1. The summed E-state index contributed by atoms with van der Waals surface area (Å²) >= 11 is 0. The number of fused-ring (bicyclic) bond motifs is 1. The first-order chi connectivity index (χ1) is 12.0. The topological polar surface area (TPSA) is 88.2 Å². The Balaban J connectivity index is 1.67. The van der Waals surface area contributed by atoms with Gasteiger partial charge < -0.3 is 0 Å². The van der Waals surface area contributed by atoms with Gasteiger partial charge in [-0.25, -0.2) is 13.4 Å². The van der Waals surface area contributed by atoms with Gasteiger partial charge in [-0.15, -0.1) is 4.83 Å². The van der Waals surface area contributed by atoms with E-state index >= 15 is 0 Å². The van der Waals surface area contributed by atoms with Gasteiger partial charge in [0.1, 0.15) is 5.69 Å². The van der Waals surface area contributed by atoms with E-state index in [9.17, 15) is 13.2 Å². The molecule has 1 aromatic heterocycles. The largest absolute Gasteiger partial charge is 0.284 e. The summed E-state index contributed by atoms with van der Waals surface area (Å²) in [6, 6.07) is 19.6. The maximum absolute atomic E-state index is 12.1. The van der Waals surface area contributed by atoms with Crippen molar-refractivity contribution in [3.63, 3.8) is 0 Å². The number of nitrogens with zero attached hydrogens (tertiary/aromatic N) is 1. The van der Waals surface area contributed by atoms with Crippen LogP contribution in [0, 0.1) is 0 Å². The third-order valence-electron chi connectivity index (χ3n) is 3.38. The monoisotopic (exact) mass is 353 g/mol. The molecule has 0 saturated carbocycles. The highest BCUT2D eigenvalue weighted by Gasteiger charge is 2.11. The predicted molar refractivity (Wildman–Crippen MR) is 96.7 cm³/mol. The molecule has 6 nitrogen and oxygen atoms in total. The molecule has 0 fully saturated rings. The summed E-state index contributed by atoms with van der Waals surface area (Å²) in [4.78, 5) is 18.3. The Labute approximate surface area is 145 Å². The fourth-order valence-electron chi connectivity index (χ4n) is 2.14. The average Bonchev–Trinajstić information content (AvgIpc) is 2.65. The van der Waals surface area contributed by atoms with Gasteiger partial charge >= 0.3 is 0 Å². The predicted octanol–water partition coefficient (Wildman–Crippen LogP) is 2.47. The molecule has 0 aliphatic heterocycles. The van der Waals surface area contributed by atoms with Gasteiger partial charge in [0.2, 0.25) is 0 Å². The molecule has 3 aromatic rings. The molecule has 25 heavy (non-hydrogen) atoms. The van der Waals surface area contributed by atoms with Crippen LogP contribution in [0.25, 0.3) is 17.0 Å². The van der Waals surface area contributed by atoms with Crippen LogP contribution in [0.2, 0.25) is 0 Å². The van der Waals surface area contributed by atoms with Gasteiger partial charge in [-0.3, -0.25) is 10.2 Å². The highest BCUT2D eigenvalue weighted by molar-refractivity contribution is 7.92. The van der Waals surface area contributed by atoms with Crippen molar-refractivity contribution in [2.24, 2.45) is 0 Å². The number of amides is 1. The second kappa shape index (κ2) is 7.25. The zero-order valence-electron chi connectivity index (χ0n) is 13.1. The standard InChI is InChI=1S/C18H15N3O3S/c22-18(17-11-10-15-8-4-5-9-16(15)19-17)20-21-25(23,24)13-12-14-6-2-1-3-7-14/h1-13,21H,(H,20,22). The quantitative estimate of drug-likeness (QED) is 0.690. The first-order valence-electron chi connectivity index (χ1n) is 7.45. The molecule has 0 atom stereocenters. The summed E-state index contributed by atoms with van der Waals surface area (Å²) in [5.41, 5.74) is 3.65. The molecule has 1 heterocycles. The highest BCUT2D eigenvalue weighted by atomic mass is 32.2. The van der Waals surface area contributed by atoms with Crippen LogP contribution in [-0.2, 0) is 10.0 Å². The van der Waals surface area contributed by atoms with Crippen molar-refractivity contribution in [2.75, 3.05) is 0 Å². The fourth-order valence-corrected chi connectivity index (χ4v) is 2.78. The summed E-state index contributed by atoms with van der Waals surface area (Å²) in [5.74, 6) is -0.637. The van der Waals surface area contributed by atoms with Gasteiger partial charge in [-0.1, -0.05) is 54.6 Å². The highest BCUT2D eigenvalue weighted by Crippen LogP contribution is 2.11. The van der Waals surface area contributed by atoms with Gasteiger partial charge in [0.15, 0.2) is 0 Å². The van der Waals surface area contributed by atoms with E-state index in [1.807, 2.05) is 29.1 Å². The molecule has 126 valence electrons. The van der Waals surface area contributed by atoms with Crippen molar-refractivity contribution < 1.29 is 13.2 Å². The Kier molecular flexibility index (Phi) is 4.87. The number of pyridine rings is 1. The molecule has 0 saturated heterocycles. The van der Waals surface area contributed by atoms with Gasteiger partial charge in [-0.2, -0.15) is 0 Å². The molecule has 0 spiro atoms. The lowest BCUT2D eigenvalue weighted by molar-refractivity contribution is 0.0940. The number of sulfonamides is 1. The number of rotatable bonds is 5. The van der Waals surface area contributed by atoms with E-state index < -0.39 is 15.9 Å². The van der Waals surface area contributed by atoms with E-state index in [2.05, 4.69) is 10.4 Å². The summed E-state index contributed by atoms with van der Waals surface area (Å²) in [7, 11) is -3.82. The molecule has 0 aliphatic rings. The van der Waals surface area contributed by atoms with E-state index in [0.29, 0.717) is 5.52 Å². The molecular weight excluding hydrogens is 338 g/mol. The smallest absolute Gasteiger partial charge is 0.272 e. The molecule has 0 radical (unpaired) electrons. The molecule has 0 aliphatic carbocycles. The van der Waals surface area contributed by atoms with Crippen LogP contribution in [0.5, 0.6) is 0 Å². The Morgan fingerprint density at radius 1 is 0.920 bits per heavy atom. The summed E-state index contributed by atoms with van der Waals surface area (Å²) in [5, 5.41) is 1.88. The Morgan fingerprint density at radius 2 is 1.64 bits per heavy atom. The minimum absolute atomic E-state index is 0.119. The zero-order chi connectivity index (χ0) is 17.7. The van der Waals surface area contributed by atoms with E-state index in [4.69, 9.17) is 0 Å². The van der Waals surface area contributed by atoms with Crippen LogP contribution < -0.4 is 10.3 Å². The molecule has 3 rings (SSSR count). The van der Waals surface area contributed by atoms with E-state index in [-0.39, 0.29) is 5.69 Å². The van der Waals surface area contributed by atoms with Crippen LogP contribution in [0.3, 0.4) is 0 Å². The molecule has 0 unspecified atom stereocenters. The Morgan fingerprint density at radius 3 is 2.44 bits per heavy atom. The minimum Gasteiger partial charge on any atom is -0.272 e. The van der Waals surface area contributed by atoms with E-state index in [0.717, 1.165) is 16.4 Å². The van der Waals surface area contributed by atoms with Crippen LogP contribution in [0.15, 0.2) is 72.1 Å². The SMILES string of the molecule is O=C(NNS(=O)(=O)C=Cc1ccccc1)c1ccc2ccccc2n1. The lowest BCUT2D eigenvalue weighted by Crippen LogP contribution is -2.40. The van der Waals surface area contributed by atoms with E-state index in [1.165, 1.54) is 12.1 Å². The lowest BCUT2D eigenvalue weighted by atomic mass is 10.2. The molecule has 2 N–H and O–H groups in total. The number of hydrogen-bond acceptors (Lipinski definition) is 4. The molecular formula is C18H15N3O3S. The summed E-state index contributed by atoms with van der Waals surface area (Å²) in [6.45, 7) is 0. The average molecular weight is 353 g/mol. The third-order valence-corrected chi connectivity index (χ3v) is 4.26. The minimum atomic E-state index is -3.82. The third kappa shape index (κ3) is 4.50. The van der Waals surface area contributed by atoms with Gasteiger partial charge in [0.05, 0.1) is 5.52 Å². The maximum Gasteiger partial charge on any atom is 0.284 e. The van der Waals surface area contributed by atoms with Gasteiger partial charge in [0.25, 0.3) is 15.9 Å². The molecule has 7 heteroatoms. The molecule has 0 bridgehead atoms. The Hall–Kier alpha value is -3.03. The van der Waals surface area contributed by atoms with Crippen molar-refractivity contribution in [3.05, 3.63) is 83.4 Å². The summed E-state index contributed by atoms with van der Waals surface area (Å²) in [6.07, 6.45) is 1.43. The first-order valence-corrected chi connectivity index (χ1v) is 8.99. The number of carbonyl (C=O) groups excluding carboxylic acids is 1. The molecule has 2 aromatic carbocycles. The second-order valence-corrected chi connectivity index (χ2v) is 6.77. The number of hydrogen-bond donors (Lipinski definition) is 2. The van der Waals surface area contributed by atoms with Gasteiger partial charge in [-0.05, 0) is 23.8 Å². The van der Waals surface area contributed by atoms with Crippen molar-refractivity contribution >= 4 is 32.9 Å². The van der Waals surface area contributed by atoms with Crippen LogP contribution in [-0.4, -0.2) is 19.3 Å². The Bertz CT molecular complexity index is 1030. The van der Waals surface area contributed by atoms with Crippen molar-refractivity contribution in [1.82, 2.24) is 15.2 Å². The molecule has 1 amide bonds. The zero-order valence-corrected chi connectivity index (χ0v) is 13.9. The summed E-state index contributed by atoms with van der Waals surface area (Å²) < 4.78 is 23.8. The number of carbonyl (C=O) groups is 1. The van der Waals surface area contributed by atoms with Crippen molar-refractivity contribution in [1.29, 1.82) is 0 Å². The van der Waals surface area contributed by atoms with Crippen molar-refractivity contribution in [2.45, 2.75) is 0 Å². The van der Waals surface area contributed by atoms with Crippen LogP contribution in [0.1, 0.15) is 16.1 Å². The van der Waals surface area contributed by atoms with Gasteiger partial charge in [0, 0.05) is 10.8 Å². The first kappa shape index (κ1) is 16.8. The number of nitrogens with one attached hydrogen (secondary N) is 2. The van der Waals surface area contributed by atoms with E-state index in [1.54, 1.807) is 36.4 Å². The number of aromatic nitrogens is 1. The maximum atomic E-state index is 12.1. The van der Waals surface area contributed by atoms with Crippen LogP contribution in [0.4, 0.5) is 0 Å². The normalized spacial score (nSPS) is 11.7. The lowest BCUT2D eigenvalue weighted by Gasteiger charge is -2.06. The second-order valence-electron chi connectivity index (χ2n) is 5.20. The number of benzene rings is 2. The number of para-hydroxylation sites is 1.